The molecule has 0 fully saturated rings. The van der Waals surface area contributed by atoms with Gasteiger partial charge < -0.3 is 21.0 Å². The van der Waals surface area contributed by atoms with E-state index in [1.807, 2.05) is 13.8 Å². The summed E-state index contributed by atoms with van der Waals surface area (Å²) in [5.74, 6) is 0.341. The van der Waals surface area contributed by atoms with Crippen LogP contribution in [0.3, 0.4) is 0 Å². The number of oxime groups is 1. The first-order valence-corrected chi connectivity index (χ1v) is 6.47. The number of hydrogen-bond donors (Lipinski definition) is 3. The molecule has 4 N–H and O–H groups in total. The fraction of sp³-hybridized carbons (Fsp3) is 0.429. The van der Waals surface area contributed by atoms with Gasteiger partial charge in [0.2, 0.25) is 5.91 Å². The molecule has 0 radical (unpaired) electrons. The SMILES string of the molecule is CCC(CC)(C(=O)Nc1ccc(OC)cc1)C(N)=NO. The predicted octanol–water partition coefficient (Wildman–Crippen LogP) is 2.19. The van der Waals surface area contributed by atoms with Crippen LogP contribution < -0.4 is 15.8 Å². The Hall–Kier alpha value is -2.24. The van der Waals surface area contributed by atoms with Gasteiger partial charge in [-0.25, -0.2) is 0 Å². The lowest BCUT2D eigenvalue weighted by Gasteiger charge is -2.28. The summed E-state index contributed by atoms with van der Waals surface area (Å²) < 4.78 is 5.05. The third kappa shape index (κ3) is 3.01. The maximum atomic E-state index is 12.4. The third-order valence-electron chi connectivity index (χ3n) is 3.59. The van der Waals surface area contributed by atoms with Gasteiger partial charge in [0.15, 0.2) is 5.84 Å². The van der Waals surface area contributed by atoms with Crippen LogP contribution in [-0.2, 0) is 4.79 Å². The number of carbonyl (C=O) groups excluding carboxylic acids is 1. The number of amidine groups is 1. The minimum atomic E-state index is -1.01. The zero-order valence-corrected chi connectivity index (χ0v) is 12.0. The van der Waals surface area contributed by atoms with Crippen molar-refractivity contribution in [1.29, 1.82) is 0 Å². The summed E-state index contributed by atoms with van der Waals surface area (Å²) in [6.45, 7) is 3.66. The summed E-state index contributed by atoms with van der Waals surface area (Å²) in [7, 11) is 1.57. The van der Waals surface area contributed by atoms with E-state index in [2.05, 4.69) is 10.5 Å². The number of methoxy groups -OCH3 is 1. The zero-order chi connectivity index (χ0) is 15.2. The molecule has 110 valence electrons. The van der Waals surface area contributed by atoms with Crippen LogP contribution in [0.1, 0.15) is 26.7 Å². The highest BCUT2D eigenvalue weighted by molar-refractivity contribution is 6.11. The molecule has 0 bridgehead atoms. The largest absolute Gasteiger partial charge is 0.497 e. The molecule has 0 unspecified atom stereocenters. The monoisotopic (exact) mass is 279 g/mol. The van der Waals surface area contributed by atoms with Gasteiger partial charge >= 0.3 is 0 Å². The number of hydrogen-bond acceptors (Lipinski definition) is 4. The Bertz CT molecular complexity index is 479. The zero-order valence-electron chi connectivity index (χ0n) is 12.0. The number of nitrogens with zero attached hydrogens (tertiary/aromatic N) is 1. The van der Waals surface area contributed by atoms with Crippen LogP contribution in [0, 0.1) is 5.41 Å². The number of rotatable bonds is 6. The molecule has 1 aromatic carbocycles. The average Bonchev–Trinajstić information content (AvgIpc) is 2.49. The Morgan fingerprint density at radius 3 is 2.30 bits per heavy atom. The lowest BCUT2D eigenvalue weighted by atomic mass is 9.80. The standard InChI is InChI=1S/C14H21N3O3/c1-4-14(5-2,12(15)17-19)13(18)16-10-6-8-11(20-3)9-7-10/h6-9,19H,4-5H2,1-3H3,(H2,15,17)(H,16,18). The van der Waals surface area contributed by atoms with E-state index in [-0.39, 0.29) is 11.7 Å². The molecule has 6 nitrogen and oxygen atoms in total. The number of nitrogens with two attached hydrogens (primary N) is 1. The van der Waals surface area contributed by atoms with Crippen LogP contribution in [-0.4, -0.2) is 24.1 Å². The summed E-state index contributed by atoms with van der Waals surface area (Å²) in [6.07, 6.45) is 0.892. The maximum absolute atomic E-state index is 12.4. The third-order valence-corrected chi connectivity index (χ3v) is 3.59. The minimum absolute atomic E-state index is 0.0755. The van der Waals surface area contributed by atoms with Crippen LogP contribution >= 0.6 is 0 Å². The van der Waals surface area contributed by atoms with E-state index in [0.717, 1.165) is 0 Å². The van der Waals surface area contributed by atoms with Crippen LogP contribution in [0.25, 0.3) is 0 Å². The molecule has 6 heteroatoms. The van der Waals surface area contributed by atoms with Crippen LogP contribution in [0.15, 0.2) is 29.4 Å². The van der Waals surface area contributed by atoms with E-state index < -0.39 is 5.41 Å². The summed E-state index contributed by atoms with van der Waals surface area (Å²) in [5, 5.41) is 14.7. The first-order valence-electron chi connectivity index (χ1n) is 6.47. The van der Waals surface area contributed by atoms with Crippen molar-refractivity contribution in [2.75, 3.05) is 12.4 Å². The van der Waals surface area contributed by atoms with Gasteiger partial charge in [-0.1, -0.05) is 19.0 Å². The molecular formula is C14H21N3O3. The second kappa shape index (κ2) is 6.79. The van der Waals surface area contributed by atoms with E-state index in [9.17, 15) is 4.79 Å². The second-order valence-corrected chi connectivity index (χ2v) is 4.46. The Kier molecular flexibility index (Phi) is 5.37. The molecule has 0 aromatic heterocycles. The smallest absolute Gasteiger partial charge is 0.238 e. The molecule has 0 aliphatic carbocycles. The van der Waals surface area contributed by atoms with Gasteiger partial charge in [-0.2, -0.15) is 0 Å². The molecule has 0 atom stereocenters. The number of nitrogens with one attached hydrogen (secondary N) is 1. The van der Waals surface area contributed by atoms with Gasteiger partial charge in [-0.05, 0) is 37.1 Å². The van der Waals surface area contributed by atoms with Crippen molar-refractivity contribution in [2.24, 2.45) is 16.3 Å². The Balaban J connectivity index is 2.96. The average molecular weight is 279 g/mol. The normalized spacial score (nSPS) is 12.1. The van der Waals surface area contributed by atoms with Gasteiger partial charge in [0.05, 0.1) is 7.11 Å². The molecular weight excluding hydrogens is 258 g/mol. The molecule has 0 aliphatic rings. The van der Waals surface area contributed by atoms with E-state index in [1.54, 1.807) is 31.4 Å². The number of carbonyl (C=O) groups is 1. The molecule has 0 saturated carbocycles. The fourth-order valence-electron chi connectivity index (χ4n) is 2.07. The highest BCUT2D eigenvalue weighted by Crippen LogP contribution is 2.29. The highest BCUT2D eigenvalue weighted by Gasteiger charge is 2.39. The minimum Gasteiger partial charge on any atom is -0.497 e. The molecule has 0 heterocycles. The molecule has 0 aliphatic heterocycles. The summed E-state index contributed by atoms with van der Waals surface area (Å²) in [6, 6.07) is 6.97. The van der Waals surface area contributed by atoms with E-state index in [0.29, 0.717) is 24.3 Å². The second-order valence-electron chi connectivity index (χ2n) is 4.46. The fourth-order valence-corrected chi connectivity index (χ4v) is 2.07. The quantitative estimate of drug-likeness (QED) is 0.322. The first-order chi connectivity index (χ1) is 9.53. The molecule has 1 aromatic rings. The van der Waals surface area contributed by atoms with Crippen molar-refractivity contribution in [3.8, 4) is 5.75 Å². The summed E-state index contributed by atoms with van der Waals surface area (Å²) in [4.78, 5) is 12.4. The maximum Gasteiger partial charge on any atom is 0.238 e. The lowest BCUT2D eigenvalue weighted by Crippen LogP contribution is -2.46. The first kappa shape index (κ1) is 15.8. The highest BCUT2D eigenvalue weighted by atomic mass is 16.5. The summed E-state index contributed by atoms with van der Waals surface area (Å²) >= 11 is 0. The lowest BCUT2D eigenvalue weighted by molar-refractivity contribution is -0.122. The van der Waals surface area contributed by atoms with Crippen LogP contribution in [0.4, 0.5) is 5.69 Å². The van der Waals surface area contributed by atoms with Gasteiger partial charge in [0.1, 0.15) is 11.2 Å². The van der Waals surface area contributed by atoms with Gasteiger partial charge in [-0.3, -0.25) is 4.79 Å². The van der Waals surface area contributed by atoms with Crippen LogP contribution in [0.2, 0.25) is 0 Å². The molecule has 1 amide bonds. The Morgan fingerprint density at radius 2 is 1.90 bits per heavy atom. The Morgan fingerprint density at radius 1 is 1.35 bits per heavy atom. The summed E-state index contributed by atoms with van der Waals surface area (Å²) in [5.41, 5.74) is 5.32. The number of anilines is 1. The van der Waals surface area contributed by atoms with E-state index in [4.69, 9.17) is 15.7 Å². The van der Waals surface area contributed by atoms with E-state index in [1.165, 1.54) is 0 Å². The molecule has 0 spiro atoms. The topological polar surface area (TPSA) is 96.9 Å². The van der Waals surface area contributed by atoms with Gasteiger partial charge in [0, 0.05) is 5.69 Å². The molecule has 20 heavy (non-hydrogen) atoms. The van der Waals surface area contributed by atoms with Gasteiger partial charge in [0.25, 0.3) is 0 Å². The Labute approximate surface area is 118 Å². The van der Waals surface area contributed by atoms with Crippen molar-refractivity contribution in [3.63, 3.8) is 0 Å². The molecule has 0 saturated heterocycles. The molecule has 1 rings (SSSR count). The van der Waals surface area contributed by atoms with Crippen molar-refractivity contribution < 1.29 is 14.7 Å². The predicted molar refractivity (Wildman–Crippen MR) is 78.0 cm³/mol. The number of amides is 1. The number of ether oxygens (including phenoxy) is 1. The van der Waals surface area contributed by atoms with Gasteiger partial charge in [-0.15, -0.1) is 0 Å². The number of benzene rings is 1. The van der Waals surface area contributed by atoms with Crippen molar-refractivity contribution >= 4 is 17.4 Å². The van der Waals surface area contributed by atoms with Crippen molar-refractivity contribution in [3.05, 3.63) is 24.3 Å². The van der Waals surface area contributed by atoms with Crippen LogP contribution in [0.5, 0.6) is 5.75 Å². The van der Waals surface area contributed by atoms with E-state index >= 15 is 0 Å². The van der Waals surface area contributed by atoms with Crippen molar-refractivity contribution in [1.82, 2.24) is 0 Å². The van der Waals surface area contributed by atoms with Crippen molar-refractivity contribution in [2.45, 2.75) is 26.7 Å².